The van der Waals surface area contributed by atoms with Crippen molar-refractivity contribution >= 4 is 38.9 Å². The van der Waals surface area contributed by atoms with Crippen LogP contribution in [-0.2, 0) is 10.0 Å². The molecule has 0 aromatic heterocycles. The van der Waals surface area contributed by atoms with Crippen molar-refractivity contribution in [2.45, 2.75) is 4.90 Å². The summed E-state index contributed by atoms with van der Waals surface area (Å²) in [6.07, 6.45) is 0. The minimum absolute atomic E-state index is 0.00277. The minimum Gasteiger partial charge on any atom is -0.497 e. The van der Waals surface area contributed by atoms with Crippen LogP contribution < -0.4 is 19.5 Å². The highest BCUT2D eigenvalue weighted by atomic mass is 35.5. The molecule has 0 aliphatic rings. The lowest BCUT2D eigenvalue weighted by Gasteiger charge is -2.12. The fourth-order valence-electron chi connectivity index (χ4n) is 2.60. The molecule has 0 saturated heterocycles. The molecule has 0 saturated carbocycles. The molecule has 3 aromatic rings. The van der Waals surface area contributed by atoms with Crippen molar-refractivity contribution in [3.05, 3.63) is 77.3 Å². The number of hydrogen-bond acceptors (Lipinski definition) is 5. The first-order chi connectivity index (χ1) is 14.3. The number of ether oxygens (including phenoxy) is 2. The van der Waals surface area contributed by atoms with E-state index in [0.717, 1.165) is 0 Å². The maximum Gasteiger partial charge on any atom is 0.263 e. The molecular weight excluding hydrogens is 428 g/mol. The highest BCUT2D eigenvalue weighted by Crippen LogP contribution is 2.26. The number of benzene rings is 3. The molecule has 0 heterocycles. The van der Waals surface area contributed by atoms with Gasteiger partial charge in [0.15, 0.2) is 0 Å². The summed E-state index contributed by atoms with van der Waals surface area (Å²) in [5.74, 6) is 0.767. The van der Waals surface area contributed by atoms with Crippen molar-refractivity contribution in [3.8, 4) is 11.5 Å². The number of carbonyl (C=O) groups is 1. The van der Waals surface area contributed by atoms with Gasteiger partial charge in [0.1, 0.15) is 16.4 Å². The summed E-state index contributed by atoms with van der Waals surface area (Å²) in [5.41, 5.74) is 1.02. The van der Waals surface area contributed by atoms with E-state index in [4.69, 9.17) is 21.1 Å². The molecule has 0 atom stereocenters. The van der Waals surface area contributed by atoms with E-state index in [1.165, 1.54) is 25.3 Å². The fraction of sp³-hybridized carbons (Fsp3) is 0.0952. The first kappa shape index (κ1) is 21.5. The summed E-state index contributed by atoms with van der Waals surface area (Å²) in [6.45, 7) is 0. The monoisotopic (exact) mass is 446 g/mol. The predicted molar refractivity (Wildman–Crippen MR) is 116 cm³/mol. The van der Waals surface area contributed by atoms with Crippen molar-refractivity contribution in [2.24, 2.45) is 0 Å². The van der Waals surface area contributed by atoms with Gasteiger partial charge in [-0.05, 0) is 66.7 Å². The quantitative estimate of drug-likeness (QED) is 0.560. The number of nitrogens with one attached hydrogen (secondary N) is 2. The number of sulfonamides is 1. The lowest BCUT2D eigenvalue weighted by atomic mass is 10.2. The van der Waals surface area contributed by atoms with E-state index in [0.29, 0.717) is 22.9 Å². The van der Waals surface area contributed by atoms with Gasteiger partial charge in [0.25, 0.3) is 15.9 Å². The molecule has 3 rings (SSSR count). The summed E-state index contributed by atoms with van der Waals surface area (Å²) in [6, 6.07) is 17.2. The van der Waals surface area contributed by atoms with E-state index < -0.39 is 15.9 Å². The van der Waals surface area contributed by atoms with Gasteiger partial charge in [0.2, 0.25) is 0 Å². The van der Waals surface area contributed by atoms with E-state index in [-0.39, 0.29) is 15.5 Å². The Kier molecular flexibility index (Phi) is 6.49. The molecule has 2 N–H and O–H groups in total. The lowest BCUT2D eigenvalue weighted by molar-refractivity contribution is 0.102. The van der Waals surface area contributed by atoms with E-state index in [1.54, 1.807) is 55.6 Å². The number of rotatable bonds is 7. The maximum atomic E-state index is 12.8. The summed E-state index contributed by atoms with van der Waals surface area (Å²) in [4.78, 5) is 12.4. The summed E-state index contributed by atoms with van der Waals surface area (Å²) in [5, 5.41) is 2.70. The van der Waals surface area contributed by atoms with Crippen molar-refractivity contribution in [1.82, 2.24) is 0 Å². The molecule has 3 aromatic carbocycles. The molecule has 0 aliphatic carbocycles. The number of halogens is 1. The Morgan fingerprint density at radius 2 is 1.37 bits per heavy atom. The van der Waals surface area contributed by atoms with Crippen molar-refractivity contribution in [2.75, 3.05) is 24.3 Å². The van der Waals surface area contributed by atoms with Crippen LogP contribution in [0.25, 0.3) is 0 Å². The van der Waals surface area contributed by atoms with Crippen LogP contribution in [-0.4, -0.2) is 28.5 Å². The van der Waals surface area contributed by atoms with Crippen LogP contribution in [0.15, 0.2) is 71.6 Å². The number of anilines is 2. The predicted octanol–water partition coefficient (Wildman–Crippen LogP) is 4.41. The largest absolute Gasteiger partial charge is 0.497 e. The van der Waals surface area contributed by atoms with E-state index in [1.807, 2.05) is 0 Å². The Labute approximate surface area is 179 Å². The van der Waals surface area contributed by atoms with Gasteiger partial charge < -0.3 is 14.8 Å². The third-order valence-corrected chi connectivity index (χ3v) is 6.04. The molecule has 30 heavy (non-hydrogen) atoms. The highest BCUT2D eigenvalue weighted by Gasteiger charge is 2.20. The van der Waals surface area contributed by atoms with Crippen LogP contribution >= 0.6 is 11.6 Å². The number of methoxy groups -OCH3 is 2. The summed E-state index contributed by atoms with van der Waals surface area (Å²) < 4.78 is 38.2. The first-order valence-corrected chi connectivity index (χ1v) is 10.6. The highest BCUT2D eigenvalue weighted by molar-refractivity contribution is 7.92. The topological polar surface area (TPSA) is 93.7 Å². The molecule has 7 nitrogen and oxygen atoms in total. The zero-order valence-electron chi connectivity index (χ0n) is 16.2. The van der Waals surface area contributed by atoms with Crippen molar-refractivity contribution in [3.63, 3.8) is 0 Å². The summed E-state index contributed by atoms with van der Waals surface area (Å²) >= 11 is 6.11. The molecule has 0 spiro atoms. The van der Waals surface area contributed by atoms with Gasteiger partial charge >= 0.3 is 0 Å². The first-order valence-electron chi connectivity index (χ1n) is 8.74. The second kappa shape index (κ2) is 9.06. The standard InChI is InChI=1S/C21H19ClN2O5S/c1-28-17-8-4-15(5-9-17)23-21(25)14-3-12-19(22)20(13-14)30(26,27)24-16-6-10-18(29-2)11-7-16/h3-13,24H,1-2H3,(H,23,25). The van der Waals surface area contributed by atoms with Crippen LogP contribution in [0.4, 0.5) is 11.4 Å². The van der Waals surface area contributed by atoms with Gasteiger partial charge in [0.05, 0.1) is 19.2 Å². The summed E-state index contributed by atoms with van der Waals surface area (Å²) in [7, 11) is -0.961. The third kappa shape index (κ3) is 5.03. The van der Waals surface area contributed by atoms with Crippen molar-refractivity contribution in [1.29, 1.82) is 0 Å². The van der Waals surface area contributed by atoms with Crippen molar-refractivity contribution < 1.29 is 22.7 Å². The van der Waals surface area contributed by atoms with Gasteiger partial charge in [0, 0.05) is 16.9 Å². The van der Waals surface area contributed by atoms with Crippen LogP contribution in [0.5, 0.6) is 11.5 Å². The third-order valence-electron chi connectivity index (χ3n) is 4.17. The molecule has 1 amide bonds. The van der Waals surface area contributed by atoms with Crippen LogP contribution in [0.3, 0.4) is 0 Å². The second-order valence-electron chi connectivity index (χ2n) is 6.16. The maximum absolute atomic E-state index is 12.8. The van der Waals surface area contributed by atoms with E-state index in [9.17, 15) is 13.2 Å². The second-order valence-corrected chi connectivity index (χ2v) is 8.22. The van der Waals surface area contributed by atoms with Gasteiger partial charge in [-0.3, -0.25) is 9.52 Å². The zero-order valence-corrected chi connectivity index (χ0v) is 17.8. The molecule has 0 unspecified atom stereocenters. The van der Waals surface area contributed by atoms with Gasteiger partial charge in [-0.1, -0.05) is 11.6 Å². The molecule has 9 heteroatoms. The fourth-order valence-corrected chi connectivity index (χ4v) is 4.18. The number of carbonyl (C=O) groups excluding carboxylic acids is 1. The zero-order chi connectivity index (χ0) is 21.7. The SMILES string of the molecule is COc1ccc(NC(=O)c2ccc(Cl)c(S(=O)(=O)Nc3ccc(OC)cc3)c2)cc1. The lowest BCUT2D eigenvalue weighted by Crippen LogP contribution is -2.16. The smallest absolute Gasteiger partial charge is 0.263 e. The Bertz CT molecular complexity index is 1150. The Morgan fingerprint density at radius 3 is 1.90 bits per heavy atom. The van der Waals surface area contributed by atoms with Gasteiger partial charge in [-0.15, -0.1) is 0 Å². The Morgan fingerprint density at radius 1 is 0.833 bits per heavy atom. The number of hydrogen-bond donors (Lipinski definition) is 2. The van der Waals surface area contributed by atoms with E-state index >= 15 is 0 Å². The van der Waals surface area contributed by atoms with Gasteiger partial charge in [-0.2, -0.15) is 0 Å². The Hall–Kier alpha value is -3.23. The van der Waals surface area contributed by atoms with Crippen LogP contribution in [0, 0.1) is 0 Å². The average Bonchev–Trinajstić information content (AvgIpc) is 2.74. The number of amides is 1. The molecular formula is C21H19ClN2O5S. The van der Waals surface area contributed by atoms with E-state index in [2.05, 4.69) is 10.0 Å². The average molecular weight is 447 g/mol. The molecule has 0 bridgehead atoms. The molecule has 156 valence electrons. The van der Waals surface area contributed by atoms with Crippen LogP contribution in [0.2, 0.25) is 5.02 Å². The van der Waals surface area contributed by atoms with Crippen LogP contribution in [0.1, 0.15) is 10.4 Å². The van der Waals surface area contributed by atoms with Gasteiger partial charge in [-0.25, -0.2) is 8.42 Å². The normalized spacial score (nSPS) is 10.9. The molecule has 0 fully saturated rings. The molecule has 0 aliphatic heterocycles. The minimum atomic E-state index is -4.02. The molecule has 0 radical (unpaired) electrons. The Balaban J connectivity index is 1.82.